The molecule has 29 heavy (non-hydrogen) atoms. The van der Waals surface area contributed by atoms with Crippen LogP contribution in [0.5, 0.6) is 0 Å². The van der Waals surface area contributed by atoms with Crippen LogP contribution < -0.4 is 9.62 Å². The van der Waals surface area contributed by atoms with E-state index in [0.29, 0.717) is 6.54 Å². The van der Waals surface area contributed by atoms with Crippen LogP contribution in [0.4, 0.5) is 5.82 Å². The Morgan fingerprint density at radius 3 is 2.52 bits per heavy atom. The summed E-state index contributed by atoms with van der Waals surface area (Å²) in [5.74, 6) is 0.905. The molecule has 0 unspecified atom stereocenters. The van der Waals surface area contributed by atoms with E-state index in [2.05, 4.69) is 35.6 Å². The number of hydrogen-bond acceptors (Lipinski definition) is 6. The lowest BCUT2D eigenvalue weighted by atomic mass is 10.2. The van der Waals surface area contributed by atoms with Crippen molar-refractivity contribution < 1.29 is 12.9 Å². The largest absolute Gasteiger partial charge is 0.354 e. The molecular formula is C20H23BrN4O3S. The van der Waals surface area contributed by atoms with Crippen molar-refractivity contribution in [3.63, 3.8) is 0 Å². The van der Waals surface area contributed by atoms with Crippen molar-refractivity contribution in [2.75, 3.05) is 44.2 Å². The highest BCUT2D eigenvalue weighted by molar-refractivity contribution is 9.10. The van der Waals surface area contributed by atoms with Gasteiger partial charge in [-0.1, -0.05) is 33.2 Å². The van der Waals surface area contributed by atoms with E-state index in [-0.39, 0.29) is 4.90 Å². The maximum absolute atomic E-state index is 12.3. The summed E-state index contributed by atoms with van der Waals surface area (Å²) in [5, 5.41) is 5.28. The predicted octanol–water partition coefficient (Wildman–Crippen LogP) is 3.08. The van der Waals surface area contributed by atoms with Crippen LogP contribution in [-0.4, -0.2) is 57.7 Å². The molecule has 1 aliphatic rings. The molecule has 1 saturated heterocycles. The maximum Gasteiger partial charge on any atom is 0.240 e. The van der Waals surface area contributed by atoms with Gasteiger partial charge in [0.05, 0.1) is 10.3 Å². The summed E-state index contributed by atoms with van der Waals surface area (Å²) in [5.41, 5.74) is 0.808. The van der Waals surface area contributed by atoms with E-state index in [4.69, 9.17) is 4.52 Å². The molecule has 0 bridgehead atoms. The van der Waals surface area contributed by atoms with Gasteiger partial charge in [-0.15, -0.1) is 0 Å². The first kappa shape index (κ1) is 20.3. The highest BCUT2D eigenvalue weighted by atomic mass is 79.9. The second-order valence-corrected chi connectivity index (χ2v) is 9.72. The Bertz CT molecular complexity index is 1060. The first-order valence-corrected chi connectivity index (χ1v) is 11.9. The van der Waals surface area contributed by atoms with Gasteiger partial charge in [0.2, 0.25) is 10.0 Å². The molecule has 3 aromatic rings. The van der Waals surface area contributed by atoms with Crippen molar-refractivity contribution in [2.24, 2.45) is 0 Å². The second-order valence-electron chi connectivity index (χ2n) is 7.04. The monoisotopic (exact) mass is 478 g/mol. The molecule has 9 heteroatoms. The topological polar surface area (TPSA) is 78.7 Å². The molecule has 1 N–H and O–H groups in total. The van der Waals surface area contributed by atoms with Crippen molar-refractivity contribution >= 4 is 42.7 Å². The molecule has 0 spiro atoms. The molecule has 2 heterocycles. The number of piperazine rings is 1. The zero-order valence-electron chi connectivity index (χ0n) is 15.9. The van der Waals surface area contributed by atoms with E-state index < -0.39 is 10.0 Å². The van der Waals surface area contributed by atoms with Crippen molar-refractivity contribution in [3.05, 3.63) is 53.0 Å². The molecule has 0 amide bonds. The van der Waals surface area contributed by atoms with E-state index in [1.54, 1.807) is 24.3 Å². The Balaban J connectivity index is 1.23. The average Bonchev–Trinajstić information content (AvgIpc) is 3.16. The first-order valence-electron chi connectivity index (χ1n) is 9.60. The minimum absolute atomic E-state index is 0.286. The Labute approximate surface area is 178 Å². The number of sulfonamides is 1. The van der Waals surface area contributed by atoms with E-state index in [1.807, 2.05) is 24.3 Å². The molecular weight excluding hydrogens is 456 g/mol. The van der Waals surface area contributed by atoms with Crippen molar-refractivity contribution in [3.8, 4) is 0 Å². The first-order chi connectivity index (χ1) is 14.0. The van der Waals surface area contributed by atoms with Gasteiger partial charge in [0, 0.05) is 37.2 Å². The number of benzene rings is 2. The van der Waals surface area contributed by atoms with Crippen molar-refractivity contribution in [2.45, 2.75) is 11.3 Å². The Hall–Kier alpha value is -1.94. The summed E-state index contributed by atoms with van der Waals surface area (Å²) in [6.07, 6.45) is 0.767. The van der Waals surface area contributed by atoms with E-state index >= 15 is 0 Å². The summed E-state index contributed by atoms with van der Waals surface area (Å²) in [6, 6.07) is 14.5. The number of anilines is 1. The van der Waals surface area contributed by atoms with Crippen LogP contribution in [0.2, 0.25) is 0 Å². The highest BCUT2D eigenvalue weighted by Crippen LogP contribution is 2.26. The van der Waals surface area contributed by atoms with Crippen LogP contribution in [0.3, 0.4) is 0 Å². The summed E-state index contributed by atoms with van der Waals surface area (Å²) in [4.78, 5) is 4.89. The van der Waals surface area contributed by atoms with Gasteiger partial charge >= 0.3 is 0 Å². The van der Waals surface area contributed by atoms with Crippen LogP contribution in [-0.2, 0) is 10.0 Å². The fourth-order valence-corrected chi connectivity index (χ4v) is 4.83. The number of aromatic nitrogens is 1. The third-order valence-corrected chi connectivity index (χ3v) is 7.10. The van der Waals surface area contributed by atoms with Gasteiger partial charge in [-0.2, -0.15) is 0 Å². The van der Waals surface area contributed by atoms with Gasteiger partial charge in [0.1, 0.15) is 0 Å². The quantitative estimate of drug-likeness (QED) is 0.525. The molecule has 2 aromatic carbocycles. The third-order valence-electron chi connectivity index (χ3n) is 5.10. The maximum atomic E-state index is 12.3. The van der Waals surface area contributed by atoms with Crippen LogP contribution in [0.15, 0.2) is 62.4 Å². The Morgan fingerprint density at radius 1 is 1.03 bits per heavy atom. The van der Waals surface area contributed by atoms with E-state index in [1.165, 1.54) is 0 Å². The zero-order valence-corrected chi connectivity index (χ0v) is 18.3. The van der Waals surface area contributed by atoms with Crippen molar-refractivity contribution in [1.82, 2.24) is 14.8 Å². The van der Waals surface area contributed by atoms with Crippen LogP contribution in [0.25, 0.3) is 11.0 Å². The van der Waals surface area contributed by atoms with E-state index in [0.717, 1.165) is 60.4 Å². The number of fused-ring (bicyclic) bond motifs is 1. The van der Waals surface area contributed by atoms with Crippen molar-refractivity contribution in [1.29, 1.82) is 0 Å². The minimum Gasteiger partial charge on any atom is -0.354 e. The summed E-state index contributed by atoms with van der Waals surface area (Å²) in [7, 11) is -3.46. The molecule has 1 aromatic heterocycles. The van der Waals surface area contributed by atoms with Crippen LogP contribution >= 0.6 is 15.9 Å². The smallest absolute Gasteiger partial charge is 0.240 e. The Kier molecular flexibility index (Phi) is 6.19. The highest BCUT2D eigenvalue weighted by Gasteiger charge is 2.21. The molecule has 7 nitrogen and oxygen atoms in total. The van der Waals surface area contributed by atoms with Gasteiger partial charge in [-0.05, 0) is 49.4 Å². The number of halogens is 1. The number of nitrogens with one attached hydrogen (secondary N) is 1. The lowest BCUT2D eigenvalue weighted by Gasteiger charge is -2.34. The fourth-order valence-electron chi connectivity index (χ4n) is 3.49. The minimum atomic E-state index is -3.46. The predicted molar refractivity (Wildman–Crippen MR) is 117 cm³/mol. The molecule has 0 radical (unpaired) electrons. The van der Waals surface area contributed by atoms with Crippen LogP contribution in [0.1, 0.15) is 6.42 Å². The van der Waals surface area contributed by atoms with E-state index in [9.17, 15) is 8.42 Å². The zero-order chi connectivity index (χ0) is 20.3. The summed E-state index contributed by atoms with van der Waals surface area (Å²) in [6.45, 7) is 4.87. The normalized spacial score (nSPS) is 15.8. The average molecular weight is 479 g/mol. The fraction of sp³-hybridized carbons (Fsp3) is 0.350. The second kappa shape index (κ2) is 8.83. The van der Waals surface area contributed by atoms with Gasteiger partial charge in [0.15, 0.2) is 11.4 Å². The van der Waals surface area contributed by atoms with Gasteiger partial charge in [-0.3, -0.25) is 4.90 Å². The number of nitrogens with zero attached hydrogens (tertiary/aromatic N) is 3. The lowest BCUT2D eigenvalue weighted by Crippen LogP contribution is -2.47. The molecule has 1 fully saturated rings. The molecule has 0 aliphatic carbocycles. The number of para-hydroxylation sites is 1. The molecule has 4 rings (SSSR count). The van der Waals surface area contributed by atoms with Gasteiger partial charge < -0.3 is 9.42 Å². The number of rotatable bonds is 7. The van der Waals surface area contributed by atoms with Gasteiger partial charge in [0.25, 0.3) is 0 Å². The molecule has 0 atom stereocenters. The third kappa shape index (κ3) is 4.80. The molecule has 1 aliphatic heterocycles. The standard InChI is InChI=1S/C20H23BrN4O3S/c21-16-6-8-17(9-7-16)29(26,27)22-10-3-11-24-12-14-25(15-13-24)20-18-4-1-2-5-19(18)28-23-20/h1-2,4-9,22H,3,10-15H2. The summed E-state index contributed by atoms with van der Waals surface area (Å²) < 4.78 is 33.6. The molecule has 154 valence electrons. The van der Waals surface area contributed by atoms with Gasteiger partial charge in [-0.25, -0.2) is 13.1 Å². The Morgan fingerprint density at radius 2 is 1.76 bits per heavy atom. The SMILES string of the molecule is O=S(=O)(NCCCN1CCN(c2noc3ccccc23)CC1)c1ccc(Br)cc1. The van der Waals surface area contributed by atoms with Crippen LogP contribution in [0, 0.1) is 0 Å². The lowest BCUT2D eigenvalue weighted by molar-refractivity contribution is 0.254. The number of hydrogen-bond donors (Lipinski definition) is 1. The summed E-state index contributed by atoms with van der Waals surface area (Å²) >= 11 is 3.32. The molecule has 0 saturated carbocycles.